The Kier molecular flexibility index (Phi) is 3.25. The van der Waals surface area contributed by atoms with Crippen molar-refractivity contribution in [1.29, 1.82) is 0 Å². The lowest BCUT2D eigenvalue weighted by molar-refractivity contribution is -0.133. The average molecular weight is 269 g/mol. The number of aliphatic carboxylic acids is 1. The highest BCUT2D eigenvalue weighted by Crippen LogP contribution is 2.41. The fraction of sp³-hybridized carbons (Fsp3) is 0.727. The molecule has 1 aromatic heterocycles. The van der Waals surface area contributed by atoms with Crippen LogP contribution >= 0.6 is 11.8 Å². The van der Waals surface area contributed by atoms with Gasteiger partial charge in [0, 0.05) is 12.6 Å². The number of hydrogen-bond acceptors (Lipinski definition) is 5. The van der Waals surface area contributed by atoms with Crippen LogP contribution in [0.2, 0.25) is 0 Å². The summed E-state index contributed by atoms with van der Waals surface area (Å²) < 4.78 is 7.73. The van der Waals surface area contributed by atoms with Crippen LogP contribution in [0.15, 0.2) is 5.16 Å². The van der Waals surface area contributed by atoms with Crippen molar-refractivity contribution in [3.05, 3.63) is 5.82 Å². The number of rotatable bonds is 5. The zero-order chi connectivity index (χ0) is 12.5. The summed E-state index contributed by atoms with van der Waals surface area (Å²) in [6, 6.07) is 0.440. The maximum absolute atomic E-state index is 10.6. The van der Waals surface area contributed by atoms with Crippen molar-refractivity contribution < 1.29 is 14.6 Å². The Balaban J connectivity index is 1.82. The number of aromatic nitrogens is 3. The SMILES string of the molecule is O=C(O)CSc1nnc(C2CCCO2)n1C1CC1. The third-order valence-corrected chi connectivity index (χ3v) is 4.07. The van der Waals surface area contributed by atoms with Gasteiger partial charge >= 0.3 is 5.97 Å². The van der Waals surface area contributed by atoms with Crippen LogP contribution in [0.1, 0.15) is 43.7 Å². The average Bonchev–Trinajstić information content (AvgIpc) is 2.90. The highest BCUT2D eigenvalue weighted by Gasteiger charge is 2.33. The predicted molar refractivity (Wildman–Crippen MR) is 64.6 cm³/mol. The van der Waals surface area contributed by atoms with Crippen molar-refractivity contribution in [1.82, 2.24) is 14.8 Å². The van der Waals surface area contributed by atoms with Gasteiger partial charge in [0.15, 0.2) is 11.0 Å². The van der Waals surface area contributed by atoms with Crippen LogP contribution in [-0.2, 0) is 9.53 Å². The molecule has 1 saturated carbocycles. The molecular formula is C11H15N3O3S. The Bertz CT molecular complexity index is 452. The molecule has 2 aliphatic rings. The maximum Gasteiger partial charge on any atom is 0.313 e. The van der Waals surface area contributed by atoms with Crippen molar-refractivity contribution in [2.24, 2.45) is 0 Å². The molecule has 1 aliphatic carbocycles. The van der Waals surface area contributed by atoms with E-state index >= 15 is 0 Å². The van der Waals surface area contributed by atoms with Crippen LogP contribution in [0.4, 0.5) is 0 Å². The van der Waals surface area contributed by atoms with E-state index < -0.39 is 5.97 Å². The summed E-state index contributed by atoms with van der Waals surface area (Å²) in [5, 5.41) is 17.8. The first kappa shape index (κ1) is 12.0. The third-order valence-electron chi connectivity index (χ3n) is 3.15. The van der Waals surface area contributed by atoms with E-state index in [1.54, 1.807) is 0 Å². The monoisotopic (exact) mass is 269 g/mol. The largest absolute Gasteiger partial charge is 0.481 e. The zero-order valence-electron chi connectivity index (χ0n) is 9.91. The van der Waals surface area contributed by atoms with E-state index in [0.29, 0.717) is 11.2 Å². The van der Waals surface area contributed by atoms with E-state index in [4.69, 9.17) is 9.84 Å². The van der Waals surface area contributed by atoms with Gasteiger partial charge in [0.2, 0.25) is 0 Å². The number of thioether (sulfide) groups is 1. The Morgan fingerprint density at radius 3 is 2.89 bits per heavy atom. The molecule has 18 heavy (non-hydrogen) atoms. The van der Waals surface area contributed by atoms with E-state index in [2.05, 4.69) is 14.8 Å². The van der Waals surface area contributed by atoms with Crippen LogP contribution < -0.4 is 0 Å². The van der Waals surface area contributed by atoms with Gasteiger partial charge < -0.3 is 14.4 Å². The quantitative estimate of drug-likeness (QED) is 0.819. The van der Waals surface area contributed by atoms with Gasteiger partial charge in [-0.05, 0) is 25.7 Å². The molecule has 0 amide bonds. The van der Waals surface area contributed by atoms with Gasteiger partial charge in [0.1, 0.15) is 6.10 Å². The Morgan fingerprint density at radius 2 is 2.28 bits per heavy atom. The van der Waals surface area contributed by atoms with Gasteiger partial charge in [-0.25, -0.2) is 0 Å². The minimum absolute atomic E-state index is 0.0242. The predicted octanol–water partition coefficient (Wildman–Crippen LogP) is 1.64. The van der Waals surface area contributed by atoms with Gasteiger partial charge in [-0.1, -0.05) is 11.8 Å². The molecule has 1 N–H and O–H groups in total. The second-order valence-electron chi connectivity index (χ2n) is 4.63. The minimum Gasteiger partial charge on any atom is -0.481 e. The lowest BCUT2D eigenvalue weighted by atomic mass is 10.2. The number of carbonyl (C=O) groups is 1. The van der Waals surface area contributed by atoms with Gasteiger partial charge in [-0.3, -0.25) is 4.79 Å². The summed E-state index contributed by atoms with van der Waals surface area (Å²) in [7, 11) is 0. The molecule has 0 spiro atoms. The molecule has 1 atom stereocenters. The van der Waals surface area contributed by atoms with Gasteiger partial charge in [-0.2, -0.15) is 0 Å². The van der Waals surface area contributed by atoms with Crippen LogP contribution in [0.25, 0.3) is 0 Å². The van der Waals surface area contributed by atoms with Gasteiger partial charge in [-0.15, -0.1) is 10.2 Å². The molecule has 2 heterocycles. The number of ether oxygens (including phenoxy) is 1. The molecule has 0 radical (unpaired) electrons. The van der Waals surface area contributed by atoms with Gasteiger partial charge in [0.05, 0.1) is 5.75 Å². The fourth-order valence-corrected chi connectivity index (χ4v) is 2.92. The molecule has 1 saturated heterocycles. The lowest BCUT2D eigenvalue weighted by Gasteiger charge is -2.12. The van der Waals surface area contributed by atoms with Crippen LogP contribution in [0.3, 0.4) is 0 Å². The standard InChI is InChI=1S/C11H15N3O3S/c15-9(16)6-18-11-13-12-10(8-2-1-5-17-8)14(11)7-3-4-7/h7-8H,1-6H2,(H,15,16). The molecule has 3 rings (SSSR count). The highest BCUT2D eigenvalue weighted by molar-refractivity contribution is 7.99. The van der Waals surface area contributed by atoms with E-state index in [1.807, 2.05) is 0 Å². The van der Waals surface area contributed by atoms with Crippen molar-refractivity contribution in [3.63, 3.8) is 0 Å². The first-order chi connectivity index (χ1) is 8.75. The fourth-order valence-electron chi connectivity index (χ4n) is 2.19. The maximum atomic E-state index is 10.6. The normalized spacial score (nSPS) is 23.4. The number of hydrogen-bond donors (Lipinski definition) is 1. The molecule has 0 bridgehead atoms. The molecule has 98 valence electrons. The van der Waals surface area contributed by atoms with Crippen molar-refractivity contribution in [3.8, 4) is 0 Å². The van der Waals surface area contributed by atoms with E-state index in [0.717, 1.165) is 38.1 Å². The first-order valence-corrected chi connectivity index (χ1v) is 7.15. The summed E-state index contributed by atoms with van der Waals surface area (Å²) >= 11 is 1.24. The van der Waals surface area contributed by atoms with E-state index in [9.17, 15) is 4.79 Å². The van der Waals surface area contributed by atoms with Gasteiger partial charge in [0.25, 0.3) is 0 Å². The molecule has 1 unspecified atom stereocenters. The number of carboxylic acids is 1. The third kappa shape index (κ3) is 2.37. The van der Waals surface area contributed by atoms with Crippen molar-refractivity contribution in [2.75, 3.05) is 12.4 Å². The number of carboxylic acid groups (broad SMARTS) is 1. The van der Waals surface area contributed by atoms with Crippen molar-refractivity contribution >= 4 is 17.7 Å². The summed E-state index contributed by atoms with van der Waals surface area (Å²) in [6.07, 6.45) is 4.32. The van der Waals surface area contributed by atoms with Crippen LogP contribution in [-0.4, -0.2) is 38.2 Å². The summed E-state index contributed by atoms with van der Waals surface area (Å²) in [6.45, 7) is 0.778. The second kappa shape index (κ2) is 4.89. The molecule has 0 aromatic carbocycles. The zero-order valence-corrected chi connectivity index (χ0v) is 10.7. The Labute approximate surface area is 109 Å². The summed E-state index contributed by atoms with van der Waals surface area (Å²) in [4.78, 5) is 10.6. The summed E-state index contributed by atoms with van der Waals surface area (Å²) in [5.41, 5.74) is 0. The van der Waals surface area contributed by atoms with E-state index in [-0.39, 0.29) is 11.9 Å². The molecule has 1 aliphatic heterocycles. The minimum atomic E-state index is -0.830. The molecule has 2 fully saturated rings. The smallest absolute Gasteiger partial charge is 0.313 e. The number of nitrogens with zero attached hydrogens (tertiary/aromatic N) is 3. The topological polar surface area (TPSA) is 77.2 Å². The van der Waals surface area contributed by atoms with Crippen LogP contribution in [0, 0.1) is 0 Å². The van der Waals surface area contributed by atoms with Crippen LogP contribution in [0.5, 0.6) is 0 Å². The second-order valence-corrected chi connectivity index (χ2v) is 5.57. The molecule has 7 heteroatoms. The molecular weight excluding hydrogens is 254 g/mol. The first-order valence-electron chi connectivity index (χ1n) is 6.16. The molecule has 1 aromatic rings. The Morgan fingerprint density at radius 1 is 1.44 bits per heavy atom. The molecule has 6 nitrogen and oxygen atoms in total. The van der Waals surface area contributed by atoms with E-state index in [1.165, 1.54) is 11.8 Å². The highest BCUT2D eigenvalue weighted by atomic mass is 32.2. The lowest BCUT2D eigenvalue weighted by Crippen LogP contribution is -2.09. The summed E-state index contributed by atoms with van der Waals surface area (Å²) in [5.74, 6) is 0.0722. The van der Waals surface area contributed by atoms with Crippen molar-refractivity contribution in [2.45, 2.75) is 43.0 Å². The Hall–Kier alpha value is -1.08.